The van der Waals surface area contributed by atoms with Crippen LogP contribution in [0.5, 0.6) is 17.2 Å². The Balaban J connectivity index is 1.52. The third-order valence-corrected chi connectivity index (χ3v) is 9.33. The second kappa shape index (κ2) is 12.2. The van der Waals surface area contributed by atoms with Gasteiger partial charge in [-0.25, -0.2) is 9.37 Å². The Morgan fingerprint density at radius 1 is 1.11 bits per heavy atom. The predicted molar refractivity (Wildman–Crippen MR) is 162 cm³/mol. The summed E-state index contributed by atoms with van der Waals surface area (Å²) < 4.78 is 89.7. The molecule has 1 aliphatic carbocycles. The summed E-state index contributed by atoms with van der Waals surface area (Å²) in [7, 11) is 1.44. The number of fused-ring (bicyclic) bond motifs is 1. The largest absolute Gasteiger partial charge is 0.598 e. The minimum atomic E-state index is -5.01. The molecule has 1 aliphatic heterocycles. The summed E-state index contributed by atoms with van der Waals surface area (Å²) in [5.41, 5.74) is -5.32. The van der Waals surface area contributed by atoms with Gasteiger partial charge in [0.15, 0.2) is 17.2 Å². The van der Waals surface area contributed by atoms with Crippen molar-refractivity contribution in [3.63, 3.8) is 0 Å². The molecule has 5 rings (SSSR count). The summed E-state index contributed by atoms with van der Waals surface area (Å²) in [5.74, 6) is -0.597. The zero-order valence-electron chi connectivity index (χ0n) is 25.9. The Hall–Kier alpha value is -3.59. The van der Waals surface area contributed by atoms with Gasteiger partial charge in [0.05, 0.1) is 25.5 Å². The molecule has 2 aliphatic rings. The smallest absolute Gasteiger partial charge is 0.418 e. The van der Waals surface area contributed by atoms with Gasteiger partial charge in [0, 0.05) is 28.1 Å². The van der Waals surface area contributed by atoms with Crippen LogP contribution in [0, 0.1) is 5.82 Å². The van der Waals surface area contributed by atoms with Crippen molar-refractivity contribution >= 4 is 17.3 Å². The predicted octanol–water partition coefficient (Wildman–Crippen LogP) is 5.28. The molecule has 0 radical (unpaired) electrons. The maximum absolute atomic E-state index is 15.0. The van der Waals surface area contributed by atoms with Gasteiger partial charge in [-0.1, -0.05) is 0 Å². The molecule has 2 aromatic carbocycles. The fraction of sp³-hybridized carbons (Fsp3) is 0.438. The highest BCUT2D eigenvalue weighted by Gasteiger charge is 2.65. The van der Waals surface area contributed by atoms with E-state index in [-0.39, 0.29) is 34.4 Å². The first kappa shape index (κ1) is 33.8. The van der Waals surface area contributed by atoms with E-state index in [1.165, 1.54) is 59.1 Å². The van der Waals surface area contributed by atoms with Crippen LogP contribution in [0.1, 0.15) is 62.2 Å². The van der Waals surface area contributed by atoms with Crippen LogP contribution in [-0.2, 0) is 22.5 Å². The number of pyridine rings is 1. The zero-order valence-corrected chi connectivity index (χ0v) is 26.7. The van der Waals surface area contributed by atoms with E-state index in [2.05, 4.69) is 15.0 Å². The second-order valence-corrected chi connectivity index (χ2v) is 14.5. The van der Waals surface area contributed by atoms with Crippen molar-refractivity contribution < 1.29 is 46.2 Å². The first-order valence-electron chi connectivity index (χ1n) is 14.5. The van der Waals surface area contributed by atoms with Crippen LogP contribution in [0.15, 0.2) is 48.5 Å². The molecule has 2 heterocycles. The second-order valence-electron chi connectivity index (χ2n) is 12.6. The molecule has 248 valence electrons. The molecule has 1 unspecified atom stereocenters. The molecule has 14 heteroatoms. The Labute approximate surface area is 267 Å². The van der Waals surface area contributed by atoms with Gasteiger partial charge in [0.25, 0.3) is 5.91 Å². The Morgan fingerprint density at radius 2 is 1.78 bits per heavy atom. The summed E-state index contributed by atoms with van der Waals surface area (Å²) in [6, 6.07) is 10.5. The number of rotatable bonds is 10. The van der Waals surface area contributed by atoms with Crippen molar-refractivity contribution in [2.45, 2.75) is 68.7 Å². The number of aromatic nitrogens is 1. The molecule has 0 spiro atoms. The molecular weight excluding hydrogens is 630 g/mol. The number of alkyl halides is 3. The molecule has 0 bridgehead atoms. The van der Waals surface area contributed by atoms with Gasteiger partial charge < -0.3 is 29.2 Å². The van der Waals surface area contributed by atoms with Gasteiger partial charge in [-0.3, -0.25) is 4.79 Å². The van der Waals surface area contributed by atoms with Crippen molar-refractivity contribution in [1.82, 2.24) is 15.0 Å². The number of hydrogen-bond acceptors (Lipinski definition) is 8. The van der Waals surface area contributed by atoms with Crippen molar-refractivity contribution in [3.05, 3.63) is 71.2 Å². The van der Waals surface area contributed by atoms with Crippen LogP contribution in [0.25, 0.3) is 11.3 Å². The highest BCUT2D eigenvalue weighted by atomic mass is 32.2. The lowest BCUT2D eigenvalue weighted by Crippen LogP contribution is -2.60. The van der Waals surface area contributed by atoms with E-state index < -0.39 is 63.9 Å². The first-order valence-corrected chi connectivity index (χ1v) is 15.7. The van der Waals surface area contributed by atoms with E-state index in [0.717, 1.165) is 31.0 Å². The third-order valence-electron chi connectivity index (χ3n) is 7.68. The fourth-order valence-corrected chi connectivity index (χ4v) is 5.65. The minimum absolute atomic E-state index is 0.0930. The average molecular weight is 666 g/mol. The molecule has 0 saturated heterocycles. The quantitative estimate of drug-likeness (QED) is 0.198. The van der Waals surface area contributed by atoms with Crippen LogP contribution >= 0.6 is 0 Å². The third kappa shape index (κ3) is 6.75. The highest BCUT2D eigenvalue weighted by Crippen LogP contribution is 2.52. The van der Waals surface area contributed by atoms with Gasteiger partial charge in [-0.2, -0.15) is 13.2 Å². The molecule has 3 N–H and O–H groups in total. The van der Waals surface area contributed by atoms with Gasteiger partial charge in [0.2, 0.25) is 5.54 Å². The number of halogens is 4. The molecule has 3 aromatic rings. The van der Waals surface area contributed by atoms with E-state index in [1.54, 1.807) is 6.07 Å². The van der Waals surface area contributed by atoms with Crippen LogP contribution in [-0.4, -0.2) is 57.8 Å². The van der Waals surface area contributed by atoms with Crippen LogP contribution in [0.2, 0.25) is 0 Å². The van der Waals surface area contributed by atoms with E-state index in [0.29, 0.717) is 11.5 Å². The number of nitrogens with one attached hydrogen (secondary N) is 2. The maximum Gasteiger partial charge on any atom is 0.418 e. The Morgan fingerprint density at radius 3 is 2.37 bits per heavy atom. The normalized spacial score (nSPS) is 19.9. The number of benzene rings is 2. The molecule has 1 saturated carbocycles. The van der Waals surface area contributed by atoms with Gasteiger partial charge in [0.1, 0.15) is 28.5 Å². The number of methoxy groups -OCH3 is 1. The molecular formula is C32H35F4N3O6S. The van der Waals surface area contributed by atoms with Gasteiger partial charge in [-0.15, -0.1) is 4.72 Å². The topological polar surface area (TPSA) is 125 Å². The molecule has 1 aromatic heterocycles. The number of nitrogens with zero attached hydrogens (tertiary/aromatic N) is 1. The van der Waals surface area contributed by atoms with E-state index >= 15 is 0 Å². The summed E-state index contributed by atoms with van der Waals surface area (Å²) in [4.78, 5) is 17.6. The summed E-state index contributed by atoms with van der Waals surface area (Å²) in [5, 5.41) is 14.2. The van der Waals surface area contributed by atoms with Crippen molar-refractivity contribution in [1.29, 1.82) is 0 Å². The number of ether oxygens (including phenoxy) is 3. The first-order chi connectivity index (χ1) is 21.4. The standard InChI is InChI=1S/C32H35F4N3O6S/c1-29(2,3)46(42)39-31(32(34,35)36)17-44-27-22(31)15-25(38-26(27)18-6-9-20(33)10-7-18)30(4,41)16-37-28(40)19-8-13-23(24(14-19)43-5)45-21-11-12-21/h6-10,13-15,21,39,41H,11-12,16-17H2,1-5H3,(H,37,40)/t30?,31-,46+/m0/s1. The maximum atomic E-state index is 15.0. The SMILES string of the molecule is COc1cc(C(=O)NCC(C)(O)c2cc3c(c(-c4ccc(F)cc4)n2)OC[C@@]3(N[S@+]([O-])C(C)(C)C)C(F)(F)F)ccc1OC1CC1. The number of amides is 1. The number of hydrogen-bond donors (Lipinski definition) is 3. The Bertz CT molecular complexity index is 1610. The number of carbonyl (C=O) groups is 1. The monoisotopic (exact) mass is 665 g/mol. The fourth-order valence-electron chi connectivity index (χ4n) is 4.74. The average Bonchev–Trinajstić information content (AvgIpc) is 3.73. The van der Waals surface area contributed by atoms with Crippen molar-refractivity contribution in [2.75, 3.05) is 20.3 Å². The summed E-state index contributed by atoms with van der Waals surface area (Å²) in [6.07, 6.45) is -3.04. The van der Waals surface area contributed by atoms with Crippen LogP contribution < -0.4 is 24.2 Å². The Kier molecular flexibility index (Phi) is 8.96. The lowest BCUT2D eigenvalue weighted by Gasteiger charge is -2.35. The summed E-state index contributed by atoms with van der Waals surface area (Å²) in [6.45, 7) is 4.44. The van der Waals surface area contributed by atoms with Crippen LogP contribution in [0.4, 0.5) is 17.6 Å². The molecule has 3 atom stereocenters. The van der Waals surface area contributed by atoms with E-state index in [1.807, 2.05) is 0 Å². The minimum Gasteiger partial charge on any atom is -0.598 e. The van der Waals surface area contributed by atoms with E-state index in [9.17, 15) is 32.0 Å². The lowest BCUT2D eigenvalue weighted by molar-refractivity contribution is -0.196. The number of carbonyl (C=O) groups excluding carboxylic acids is 1. The van der Waals surface area contributed by atoms with Crippen molar-refractivity contribution in [2.24, 2.45) is 0 Å². The van der Waals surface area contributed by atoms with Gasteiger partial charge in [-0.05, 0) is 89.1 Å². The van der Waals surface area contributed by atoms with E-state index in [4.69, 9.17) is 14.2 Å². The molecule has 1 amide bonds. The lowest BCUT2D eigenvalue weighted by atomic mass is 9.88. The summed E-state index contributed by atoms with van der Waals surface area (Å²) >= 11 is -2.20. The molecule has 46 heavy (non-hydrogen) atoms. The zero-order chi connectivity index (χ0) is 33.7. The highest BCUT2D eigenvalue weighted by molar-refractivity contribution is 7.90. The van der Waals surface area contributed by atoms with Crippen LogP contribution in [0.3, 0.4) is 0 Å². The number of aliphatic hydroxyl groups is 1. The molecule has 1 fully saturated rings. The van der Waals surface area contributed by atoms with Crippen molar-refractivity contribution in [3.8, 4) is 28.5 Å². The van der Waals surface area contributed by atoms with Gasteiger partial charge >= 0.3 is 6.18 Å². The molecule has 9 nitrogen and oxygen atoms in total.